The molecule has 174 valence electrons. The van der Waals surface area contributed by atoms with Gasteiger partial charge in [0.05, 0.1) is 5.69 Å². The minimum absolute atomic E-state index is 0.207. The lowest BCUT2D eigenvalue weighted by molar-refractivity contribution is 0.139. The Kier molecular flexibility index (Phi) is 6.65. The van der Waals surface area contributed by atoms with Crippen LogP contribution in [-0.4, -0.2) is 38.4 Å². The summed E-state index contributed by atoms with van der Waals surface area (Å²) in [5, 5.41) is 13.9. The summed E-state index contributed by atoms with van der Waals surface area (Å²) in [6.07, 6.45) is 7.85. The van der Waals surface area contributed by atoms with Crippen LogP contribution in [0.25, 0.3) is 5.69 Å². The topological polar surface area (TPSA) is 64.9 Å². The number of hydrogen-bond donors (Lipinski definition) is 1. The molecule has 3 heterocycles. The molecule has 0 saturated heterocycles. The molecule has 1 N–H and O–H groups in total. The summed E-state index contributed by atoms with van der Waals surface area (Å²) in [6, 6.07) is 12.3. The summed E-state index contributed by atoms with van der Waals surface area (Å²) in [5.41, 5.74) is 2.44. The van der Waals surface area contributed by atoms with Gasteiger partial charge in [-0.25, -0.2) is 4.98 Å². The highest BCUT2D eigenvalue weighted by Gasteiger charge is 2.31. The van der Waals surface area contributed by atoms with Crippen molar-refractivity contribution in [3.8, 4) is 11.6 Å². The van der Waals surface area contributed by atoms with E-state index in [4.69, 9.17) is 21.4 Å². The fourth-order valence-electron chi connectivity index (χ4n) is 5.06. The van der Waals surface area contributed by atoms with Crippen LogP contribution in [0, 0.1) is 5.92 Å². The zero-order valence-corrected chi connectivity index (χ0v) is 20.1. The lowest BCUT2D eigenvalue weighted by Crippen LogP contribution is -2.35. The van der Waals surface area contributed by atoms with Crippen LogP contribution in [0.5, 0.6) is 5.88 Å². The van der Waals surface area contributed by atoms with E-state index in [-0.39, 0.29) is 6.10 Å². The van der Waals surface area contributed by atoms with Crippen molar-refractivity contribution in [2.75, 3.05) is 6.54 Å². The van der Waals surface area contributed by atoms with Crippen molar-refractivity contribution < 1.29 is 4.74 Å². The van der Waals surface area contributed by atoms with Crippen molar-refractivity contribution in [1.29, 1.82) is 0 Å². The first kappa shape index (κ1) is 22.4. The van der Waals surface area contributed by atoms with Crippen LogP contribution in [0.3, 0.4) is 0 Å². The summed E-state index contributed by atoms with van der Waals surface area (Å²) >= 11 is 6.40. The highest BCUT2D eigenvalue weighted by Crippen LogP contribution is 2.37. The maximum Gasteiger partial charge on any atom is 0.213 e. The Hall–Kier alpha value is -2.44. The van der Waals surface area contributed by atoms with E-state index in [1.54, 1.807) is 6.20 Å². The highest BCUT2D eigenvalue weighted by molar-refractivity contribution is 6.30. The van der Waals surface area contributed by atoms with E-state index in [1.807, 2.05) is 24.3 Å². The number of hydrogen-bond acceptors (Lipinski definition) is 5. The van der Waals surface area contributed by atoms with Crippen molar-refractivity contribution in [2.24, 2.45) is 5.92 Å². The number of nitrogens with one attached hydrogen (secondary N) is 1. The van der Waals surface area contributed by atoms with Crippen LogP contribution in [-0.2, 0) is 12.8 Å². The zero-order valence-electron chi connectivity index (χ0n) is 19.4. The van der Waals surface area contributed by atoms with Gasteiger partial charge >= 0.3 is 0 Å². The number of aromatic nitrogens is 4. The third kappa shape index (κ3) is 5.07. The fourth-order valence-corrected chi connectivity index (χ4v) is 5.25. The molecule has 1 atom stereocenters. The summed E-state index contributed by atoms with van der Waals surface area (Å²) in [4.78, 5) is 4.31. The molecule has 0 spiro atoms. The van der Waals surface area contributed by atoms with Crippen molar-refractivity contribution in [1.82, 2.24) is 25.1 Å². The van der Waals surface area contributed by atoms with E-state index in [1.165, 1.54) is 11.3 Å². The van der Waals surface area contributed by atoms with Gasteiger partial charge < -0.3 is 10.1 Å². The van der Waals surface area contributed by atoms with E-state index >= 15 is 0 Å². The second-order valence-corrected chi connectivity index (χ2v) is 10.2. The number of nitrogens with zero attached hydrogens (tertiary/aromatic N) is 4. The molecule has 0 bridgehead atoms. The molecular weight excluding hydrogens is 434 g/mol. The molecule has 0 amide bonds. The Bertz CT molecular complexity index is 1080. The predicted octanol–water partition coefficient (Wildman–Crippen LogP) is 5.13. The molecule has 1 fully saturated rings. The molecule has 6 nitrogen and oxygen atoms in total. The largest absolute Gasteiger partial charge is 0.474 e. The normalized spacial score (nSPS) is 22.5. The average Bonchev–Trinajstić information content (AvgIpc) is 3.15. The quantitative estimate of drug-likeness (QED) is 0.546. The monoisotopic (exact) mass is 465 g/mol. The van der Waals surface area contributed by atoms with Gasteiger partial charge in [-0.1, -0.05) is 31.5 Å². The molecule has 0 radical (unpaired) electrons. The second kappa shape index (κ2) is 9.82. The SMILES string of the molecule is CC(C)CN[C@H]1Cc2cc(Cl)ccc2-n2c(nnc2[C@H]2CC[C@H](Oc3ccccn3)CC2)C1. The Labute approximate surface area is 200 Å². The van der Waals surface area contributed by atoms with E-state index in [0.717, 1.165) is 61.7 Å². The third-order valence-electron chi connectivity index (χ3n) is 6.71. The lowest BCUT2D eigenvalue weighted by atomic mass is 9.86. The highest BCUT2D eigenvalue weighted by atomic mass is 35.5. The number of benzene rings is 1. The number of halogens is 1. The molecule has 1 aliphatic heterocycles. The lowest BCUT2D eigenvalue weighted by Gasteiger charge is -2.28. The summed E-state index contributed by atoms with van der Waals surface area (Å²) in [5.74, 6) is 3.80. The van der Waals surface area contributed by atoms with Crippen molar-refractivity contribution in [3.63, 3.8) is 0 Å². The predicted molar refractivity (Wildman–Crippen MR) is 130 cm³/mol. The van der Waals surface area contributed by atoms with Crippen LogP contribution >= 0.6 is 11.6 Å². The molecule has 3 aromatic rings. The number of ether oxygens (including phenoxy) is 1. The van der Waals surface area contributed by atoms with Gasteiger partial charge in [0.1, 0.15) is 17.8 Å². The fraction of sp³-hybridized carbons (Fsp3) is 0.500. The number of pyridine rings is 1. The van der Waals surface area contributed by atoms with Gasteiger partial charge in [-0.15, -0.1) is 10.2 Å². The second-order valence-electron chi connectivity index (χ2n) is 9.75. The van der Waals surface area contributed by atoms with Crippen LogP contribution in [0.15, 0.2) is 42.6 Å². The summed E-state index contributed by atoms with van der Waals surface area (Å²) in [7, 11) is 0. The van der Waals surface area contributed by atoms with E-state index in [0.29, 0.717) is 23.8 Å². The Balaban J connectivity index is 1.37. The first-order chi connectivity index (χ1) is 16.1. The van der Waals surface area contributed by atoms with Gasteiger partial charge in [-0.3, -0.25) is 4.57 Å². The molecule has 1 saturated carbocycles. The van der Waals surface area contributed by atoms with Crippen LogP contribution in [0.4, 0.5) is 0 Å². The number of rotatable bonds is 6. The van der Waals surface area contributed by atoms with Crippen molar-refractivity contribution in [2.45, 2.75) is 70.4 Å². The molecule has 7 heteroatoms. The first-order valence-corrected chi connectivity index (χ1v) is 12.5. The minimum Gasteiger partial charge on any atom is -0.474 e. The molecule has 2 aromatic heterocycles. The summed E-state index contributed by atoms with van der Waals surface area (Å²) in [6.45, 7) is 5.47. The van der Waals surface area contributed by atoms with Crippen molar-refractivity contribution >= 4 is 11.6 Å². The zero-order chi connectivity index (χ0) is 22.8. The molecule has 2 aliphatic rings. The standard InChI is InChI=1S/C26H32ClN5O/c1-17(2)16-29-21-14-19-13-20(27)8-11-23(19)32-24(15-21)30-31-26(32)18-6-9-22(10-7-18)33-25-5-3-4-12-28-25/h3-5,8,11-13,17-18,21-22,29H,6-7,9-10,14-16H2,1-2H3/t18-,21-,22-/m0/s1. The Morgan fingerprint density at radius 2 is 1.94 bits per heavy atom. The average molecular weight is 466 g/mol. The molecular formula is C26H32ClN5O. The third-order valence-corrected chi connectivity index (χ3v) is 6.95. The molecule has 5 rings (SSSR count). The van der Waals surface area contributed by atoms with Crippen LogP contribution in [0.2, 0.25) is 5.02 Å². The van der Waals surface area contributed by atoms with Gasteiger partial charge in [-0.2, -0.15) is 0 Å². The van der Waals surface area contributed by atoms with E-state index in [2.05, 4.69) is 45.9 Å². The van der Waals surface area contributed by atoms with E-state index in [9.17, 15) is 0 Å². The Morgan fingerprint density at radius 1 is 1.09 bits per heavy atom. The molecule has 1 aromatic carbocycles. The van der Waals surface area contributed by atoms with Gasteiger partial charge in [0.15, 0.2) is 0 Å². The molecule has 0 unspecified atom stereocenters. The maximum atomic E-state index is 6.40. The number of fused-ring (bicyclic) bond motifs is 3. The van der Waals surface area contributed by atoms with Gasteiger partial charge in [-0.05, 0) is 74.4 Å². The molecule has 33 heavy (non-hydrogen) atoms. The van der Waals surface area contributed by atoms with Crippen molar-refractivity contribution in [3.05, 3.63) is 64.8 Å². The minimum atomic E-state index is 0.207. The summed E-state index contributed by atoms with van der Waals surface area (Å²) < 4.78 is 8.42. The first-order valence-electron chi connectivity index (χ1n) is 12.1. The Morgan fingerprint density at radius 3 is 2.70 bits per heavy atom. The molecule has 1 aliphatic carbocycles. The van der Waals surface area contributed by atoms with Gasteiger partial charge in [0, 0.05) is 35.7 Å². The van der Waals surface area contributed by atoms with Gasteiger partial charge in [0.2, 0.25) is 5.88 Å². The van der Waals surface area contributed by atoms with Crippen LogP contribution < -0.4 is 10.1 Å². The maximum absolute atomic E-state index is 6.40. The van der Waals surface area contributed by atoms with Crippen LogP contribution in [0.1, 0.15) is 62.7 Å². The smallest absolute Gasteiger partial charge is 0.213 e. The van der Waals surface area contributed by atoms with E-state index < -0.39 is 0 Å². The van der Waals surface area contributed by atoms with Gasteiger partial charge in [0.25, 0.3) is 0 Å².